The second-order valence-electron chi connectivity index (χ2n) is 6.54. The summed E-state index contributed by atoms with van der Waals surface area (Å²) < 4.78 is 0. The number of hydrogen-bond acceptors (Lipinski definition) is 2. The van der Waals surface area contributed by atoms with Crippen LogP contribution in [0.25, 0.3) is 10.8 Å². The van der Waals surface area contributed by atoms with E-state index in [0.29, 0.717) is 17.7 Å². The lowest BCUT2D eigenvalue weighted by Crippen LogP contribution is -2.32. The Kier molecular flexibility index (Phi) is 4.89. The molecule has 0 heterocycles. The van der Waals surface area contributed by atoms with Crippen LogP contribution in [0.15, 0.2) is 36.4 Å². The Morgan fingerprint density at radius 3 is 2.33 bits per heavy atom. The summed E-state index contributed by atoms with van der Waals surface area (Å²) in [5.41, 5.74) is 1.01. The number of phenolic OH excluding ortho intramolecular Hbond substituents is 1. The fourth-order valence-corrected chi connectivity index (χ4v) is 3.06. The number of nitrogens with zero attached hydrogens (tertiary/aromatic N) is 1. The molecular weight excluding hydrogens is 258 g/mol. The second-order valence-corrected chi connectivity index (χ2v) is 6.54. The first-order valence-electron chi connectivity index (χ1n) is 7.84. The predicted octanol–water partition coefficient (Wildman–Crippen LogP) is 4.97. The molecule has 0 aliphatic rings. The normalized spacial score (nSPS) is 14.8. The summed E-state index contributed by atoms with van der Waals surface area (Å²) in [6.07, 6.45) is 1.16. The van der Waals surface area contributed by atoms with Crippen LogP contribution in [0.1, 0.15) is 45.7 Å². The van der Waals surface area contributed by atoms with Gasteiger partial charge in [0.2, 0.25) is 0 Å². The Bertz CT molecular complexity index is 606. The Balaban J connectivity index is 2.30. The molecule has 0 fully saturated rings. The maximum absolute atomic E-state index is 10.6. The maximum Gasteiger partial charge on any atom is 0.128 e. The standard InChI is InChI=1S/C19H27NO/c1-13(2)12-14(3)20(5)15(4)17-11-10-16-8-6-7-9-18(16)19(17)21/h6-11,13-15,21H,12H2,1-5H3. The second kappa shape index (κ2) is 6.48. The highest BCUT2D eigenvalue weighted by molar-refractivity contribution is 5.89. The lowest BCUT2D eigenvalue weighted by Gasteiger charge is -2.32. The summed E-state index contributed by atoms with van der Waals surface area (Å²) in [5.74, 6) is 1.10. The topological polar surface area (TPSA) is 23.5 Å². The largest absolute Gasteiger partial charge is 0.507 e. The van der Waals surface area contributed by atoms with Crippen LogP contribution in [-0.4, -0.2) is 23.1 Å². The minimum Gasteiger partial charge on any atom is -0.507 e. The van der Waals surface area contributed by atoms with Gasteiger partial charge in [0.25, 0.3) is 0 Å². The molecule has 2 nitrogen and oxygen atoms in total. The van der Waals surface area contributed by atoms with Crippen molar-refractivity contribution in [3.8, 4) is 5.75 Å². The van der Waals surface area contributed by atoms with Gasteiger partial charge < -0.3 is 5.11 Å². The van der Waals surface area contributed by atoms with E-state index in [9.17, 15) is 5.11 Å². The van der Waals surface area contributed by atoms with Crippen molar-refractivity contribution in [1.29, 1.82) is 0 Å². The van der Waals surface area contributed by atoms with Crippen molar-refractivity contribution in [2.24, 2.45) is 5.92 Å². The molecule has 2 aromatic rings. The first-order chi connectivity index (χ1) is 9.91. The molecule has 0 saturated heterocycles. The summed E-state index contributed by atoms with van der Waals surface area (Å²) in [5, 5.41) is 12.6. The number of aromatic hydroxyl groups is 1. The molecular formula is C19H27NO. The van der Waals surface area contributed by atoms with E-state index in [1.165, 1.54) is 0 Å². The van der Waals surface area contributed by atoms with E-state index >= 15 is 0 Å². The molecule has 2 unspecified atom stereocenters. The number of fused-ring (bicyclic) bond motifs is 1. The van der Waals surface area contributed by atoms with Crippen molar-refractivity contribution in [2.75, 3.05) is 7.05 Å². The zero-order valence-electron chi connectivity index (χ0n) is 13.8. The van der Waals surface area contributed by atoms with Gasteiger partial charge in [0.05, 0.1) is 0 Å². The molecule has 0 bridgehead atoms. The summed E-state index contributed by atoms with van der Waals surface area (Å²) in [4.78, 5) is 2.35. The summed E-state index contributed by atoms with van der Waals surface area (Å²) in [7, 11) is 2.15. The highest BCUT2D eigenvalue weighted by Gasteiger charge is 2.21. The fourth-order valence-electron chi connectivity index (χ4n) is 3.06. The van der Waals surface area contributed by atoms with Gasteiger partial charge in [-0.2, -0.15) is 0 Å². The van der Waals surface area contributed by atoms with E-state index in [1.807, 2.05) is 24.3 Å². The molecule has 1 N–H and O–H groups in total. The molecule has 0 spiro atoms. The number of hydrogen-bond donors (Lipinski definition) is 1. The van der Waals surface area contributed by atoms with Gasteiger partial charge in [-0.15, -0.1) is 0 Å². The van der Waals surface area contributed by atoms with E-state index in [2.05, 4.69) is 51.8 Å². The van der Waals surface area contributed by atoms with Crippen LogP contribution in [0.5, 0.6) is 5.75 Å². The van der Waals surface area contributed by atoms with Crippen molar-refractivity contribution >= 4 is 10.8 Å². The molecule has 0 amide bonds. The van der Waals surface area contributed by atoms with Crippen molar-refractivity contribution in [1.82, 2.24) is 4.90 Å². The third kappa shape index (κ3) is 3.38. The van der Waals surface area contributed by atoms with Crippen LogP contribution in [-0.2, 0) is 0 Å². The van der Waals surface area contributed by atoms with Crippen molar-refractivity contribution in [3.05, 3.63) is 42.0 Å². The molecule has 21 heavy (non-hydrogen) atoms. The van der Waals surface area contributed by atoms with Crippen LogP contribution in [0, 0.1) is 5.92 Å². The van der Waals surface area contributed by atoms with Crippen LogP contribution >= 0.6 is 0 Å². The van der Waals surface area contributed by atoms with Gasteiger partial charge in [-0.1, -0.05) is 50.2 Å². The van der Waals surface area contributed by atoms with Gasteiger partial charge in [-0.3, -0.25) is 4.90 Å². The fraction of sp³-hybridized carbons (Fsp3) is 0.474. The van der Waals surface area contributed by atoms with Gasteiger partial charge >= 0.3 is 0 Å². The minimum absolute atomic E-state index is 0.198. The molecule has 2 heteroatoms. The van der Waals surface area contributed by atoms with Crippen molar-refractivity contribution < 1.29 is 5.11 Å². The van der Waals surface area contributed by atoms with Gasteiger partial charge in [0.15, 0.2) is 0 Å². The van der Waals surface area contributed by atoms with Gasteiger partial charge in [0.1, 0.15) is 5.75 Å². The number of phenols is 1. The Hall–Kier alpha value is -1.54. The summed E-state index contributed by atoms with van der Waals surface area (Å²) in [6, 6.07) is 12.8. The zero-order valence-corrected chi connectivity index (χ0v) is 13.8. The molecule has 0 aliphatic carbocycles. The van der Waals surface area contributed by atoms with Crippen LogP contribution in [0.4, 0.5) is 0 Å². The van der Waals surface area contributed by atoms with Crippen molar-refractivity contribution in [3.63, 3.8) is 0 Å². The first-order valence-corrected chi connectivity index (χ1v) is 7.84. The quantitative estimate of drug-likeness (QED) is 0.838. The average molecular weight is 285 g/mol. The molecule has 0 aliphatic heterocycles. The number of rotatable bonds is 5. The Morgan fingerprint density at radius 2 is 1.67 bits per heavy atom. The number of benzene rings is 2. The smallest absolute Gasteiger partial charge is 0.128 e. The van der Waals surface area contributed by atoms with Crippen LogP contribution in [0.3, 0.4) is 0 Å². The minimum atomic E-state index is 0.198. The molecule has 2 rings (SSSR count). The predicted molar refractivity (Wildman–Crippen MR) is 90.7 cm³/mol. The molecule has 114 valence electrons. The Morgan fingerprint density at radius 1 is 1.00 bits per heavy atom. The van der Waals surface area contributed by atoms with E-state index in [1.54, 1.807) is 0 Å². The van der Waals surface area contributed by atoms with E-state index in [-0.39, 0.29) is 6.04 Å². The zero-order chi connectivity index (χ0) is 15.6. The molecule has 2 aromatic carbocycles. The molecule has 0 aromatic heterocycles. The Labute approximate surface area is 128 Å². The van der Waals surface area contributed by atoms with Crippen LogP contribution < -0.4 is 0 Å². The lowest BCUT2D eigenvalue weighted by molar-refractivity contribution is 0.174. The average Bonchev–Trinajstić information content (AvgIpc) is 2.45. The monoisotopic (exact) mass is 285 g/mol. The molecule has 0 radical (unpaired) electrons. The summed E-state index contributed by atoms with van der Waals surface area (Å²) >= 11 is 0. The summed E-state index contributed by atoms with van der Waals surface area (Å²) in [6.45, 7) is 8.93. The maximum atomic E-state index is 10.6. The molecule has 0 saturated carbocycles. The first kappa shape index (κ1) is 15.8. The molecule has 2 atom stereocenters. The van der Waals surface area contributed by atoms with E-state index < -0.39 is 0 Å². The third-order valence-electron chi connectivity index (χ3n) is 4.50. The third-order valence-corrected chi connectivity index (χ3v) is 4.50. The van der Waals surface area contributed by atoms with Gasteiger partial charge in [-0.05, 0) is 38.6 Å². The highest BCUT2D eigenvalue weighted by Crippen LogP contribution is 2.35. The van der Waals surface area contributed by atoms with E-state index in [0.717, 1.165) is 22.8 Å². The van der Waals surface area contributed by atoms with Crippen molar-refractivity contribution in [2.45, 2.75) is 46.2 Å². The van der Waals surface area contributed by atoms with Gasteiger partial charge in [0, 0.05) is 23.0 Å². The lowest BCUT2D eigenvalue weighted by atomic mass is 9.97. The van der Waals surface area contributed by atoms with Crippen LogP contribution in [0.2, 0.25) is 0 Å². The van der Waals surface area contributed by atoms with Gasteiger partial charge in [-0.25, -0.2) is 0 Å². The highest BCUT2D eigenvalue weighted by atomic mass is 16.3. The SMILES string of the molecule is CC(C)CC(C)N(C)C(C)c1ccc2ccccc2c1O. The van der Waals surface area contributed by atoms with E-state index in [4.69, 9.17) is 0 Å².